The third-order valence-corrected chi connectivity index (χ3v) is 7.31. The number of anilines is 1. The van der Waals surface area contributed by atoms with E-state index >= 15 is 0 Å². The second-order valence-corrected chi connectivity index (χ2v) is 9.86. The van der Waals surface area contributed by atoms with Crippen molar-refractivity contribution in [2.24, 2.45) is 0 Å². The Bertz CT molecular complexity index is 1690. The van der Waals surface area contributed by atoms with Gasteiger partial charge in [0.15, 0.2) is 5.82 Å². The predicted molar refractivity (Wildman–Crippen MR) is 147 cm³/mol. The summed E-state index contributed by atoms with van der Waals surface area (Å²) >= 11 is 0. The number of piperidine rings is 1. The van der Waals surface area contributed by atoms with Gasteiger partial charge in [0.1, 0.15) is 11.6 Å². The molecule has 0 amide bonds. The number of likely N-dealkylation sites (tertiary alicyclic amines) is 1. The van der Waals surface area contributed by atoms with E-state index in [1.54, 1.807) is 30.3 Å². The van der Waals surface area contributed by atoms with Crippen LogP contribution in [0.2, 0.25) is 0 Å². The normalized spacial score (nSPS) is 14.7. The molecule has 5 aromatic rings. The number of aromatic nitrogens is 4. The molecule has 1 saturated heterocycles. The highest BCUT2D eigenvalue weighted by atomic mass is 19.1. The summed E-state index contributed by atoms with van der Waals surface area (Å²) in [5.41, 5.74) is 2.93. The maximum atomic E-state index is 13.4. The van der Waals surface area contributed by atoms with Crippen LogP contribution >= 0.6 is 0 Å². The average Bonchev–Trinajstić information content (AvgIpc) is 3.30. The zero-order chi connectivity index (χ0) is 26.9. The summed E-state index contributed by atoms with van der Waals surface area (Å²) in [7, 11) is 1.53. The molecule has 0 radical (unpaired) electrons. The van der Waals surface area contributed by atoms with Crippen LogP contribution in [-0.4, -0.2) is 55.6 Å². The lowest BCUT2D eigenvalue weighted by molar-refractivity contribution is 0.136. The zero-order valence-electron chi connectivity index (χ0n) is 21.5. The van der Waals surface area contributed by atoms with E-state index in [2.05, 4.69) is 19.8 Å². The molecular formula is C29H29FN6O3. The molecule has 0 saturated carbocycles. The Labute approximate surface area is 224 Å². The van der Waals surface area contributed by atoms with Crippen LogP contribution < -0.4 is 15.6 Å². The molecule has 0 aliphatic carbocycles. The Morgan fingerprint density at radius 1 is 1.00 bits per heavy atom. The van der Waals surface area contributed by atoms with Crippen molar-refractivity contribution in [2.75, 3.05) is 25.5 Å². The van der Waals surface area contributed by atoms with Gasteiger partial charge in [0.05, 0.1) is 42.1 Å². The minimum Gasteiger partial charge on any atom is -0.497 e. The number of rotatable bonds is 7. The fourth-order valence-corrected chi connectivity index (χ4v) is 5.17. The SMILES string of the molecule is COc1ccc2nc(CN3CCC(Nc4nc5ccccc5n4Cc4ccc(F)cc4)CC3)n(O)c(=O)c2c1. The lowest BCUT2D eigenvalue weighted by Crippen LogP contribution is -2.40. The first-order valence-corrected chi connectivity index (χ1v) is 13.0. The average molecular weight is 529 g/mol. The van der Waals surface area contributed by atoms with Gasteiger partial charge in [0.2, 0.25) is 5.95 Å². The van der Waals surface area contributed by atoms with Gasteiger partial charge in [-0.15, -0.1) is 4.73 Å². The third-order valence-electron chi connectivity index (χ3n) is 7.31. The monoisotopic (exact) mass is 528 g/mol. The van der Waals surface area contributed by atoms with Crippen LogP contribution in [0, 0.1) is 5.82 Å². The standard InChI is InChI=1S/C29H29FN6O3/c1-39-22-10-11-24-23(16-22)28(37)36(38)27(32-24)18-34-14-12-21(13-15-34)31-29-33-25-4-2-3-5-26(25)35(29)17-19-6-8-20(30)9-7-19/h2-11,16,21,38H,12-15,17-18H2,1H3,(H,31,33). The minimum absolute atomic E-state index is 0.207. The molecule has 0 bridgehead atoms. The number of methoxy groups -OCH3 is 1. The van der Waals surface area contributed by atoms with Crippen LogP contribution in [0.3, 0.4) is 0 Å². The van der Waals surface area contributed by atoms with Gasteiger partial charge in [-0.05, 0) is 60.9 Å². The van der Waals surface area contributed by atoms with Crippen LogP contribution in [0.25, 0.3) is 21.9 Å². The van der Waals surface area contributed by atoms with Crippen molar-refractivity contribution < 1.29 is 14.3 Å². The largest absolute Gasteiger partial charge is 0.497 e. The molecule has 0 unspecified atom stereocenters. The summed E-state index contributed by atoms with van der Waals surface area (Å²) in [6.07, 6.45) is 1.72. The van der Waals surface area contributed by atoms with E-state index < -0.39 is 5.56 Å². The van der Waals surface area contributed by atoms with E-state index in [-0.39, 0.29) is 11.9 Å². The summed E-state index contributed by atoms with van der Waals surface area (Å²) < 4.78 is 21.4. The molecule has 6 rings (SSSR count). The second kappa shape index (κ2) is 10.4. The number of nitrogens with zero attached hydrogens (tertiary/aromatic N) is 5. The molecule has 1 aliphatic rings. The Morgan fingerprint density at radius 3 is 2.54 bits per heavy atom. The number of nitrogens with one attached hydrogen (secondary N) is 1. The van der Waals surface area contributed by atoms with Crippen LogP contribution in [0.15, 0.2) is 71.5 Å². The van der Waals surface area contributed by atoms with E-state index in [1.165, 1.54) is 19.2 Å². The van der Waals surface area contributed by atoms with Crippen molar-refractivity contribution in [1.82, 2.24) is 24.2 Å². The molecule has 1 fully saturated rings. The predicted octanol–water partition coefficient (Wildman–Crippen LogP) is 4.26. The van der Waals surface area contributed by atoms with Crippen LogP contribution in [-0.2, 0) is 13.1 Å². The molecule has 3 aromatic carbocycles. The summed E-state index contributed by atoms with van der Waals surface area (Å²) in [6.45, 7) is 2.48. The van der Waals surface area contributed by atoms with Crippen LogP contribution in [0.4, 0.5) is 10.3 Å². The number of halogens is 1. The van der Waals surface area contributed by atoms with Gasteiger partial charge in [-0.2, -0.15) is 0 Å². The van der Waals surface area contributed by atoms with E-state index in [1.807, 2.05) is 24.3 Å². The van der Waals surface area contributed by atoms with E-state index in [9.17, 15) is 14.4 Å². The highest BCUT2D eigenvalue weighted by Gasteiger charge is 2.23. The van der Waals surface area contributed by atoms with Gasteiger partial charge in [-0.3, -0.25) is 9.69 Å². The quantitative estimate of drug-likeness (QED) is 0.305. The Balaban J connectivity index is 1.16. The van der Waals surface area contributed by atoms with E-state index in [0.717, 1.165) is 48.5 Å². The van der Waals surface area contributed by atoms with E-state index in [0.29, 0.717) is 40.3 Å². The lowest BCUT2D eigenvalue weighted by Gasteiger charge is -2.32. The smallest absolute Gasteiger partial charge is 0.294 e. The van der Waals surface area contributed by atoms with Crippen molar-refractivity contribution in [3.05, 3.63) is 94.3 Å². The van der Waals surface area contributed by atoms with Gasteiger partial charge < -0.3 is 19.8 Å². The minimum atomic E-state index is -0.509. The van der Waals surface area contributed by atoms with Gasteiger partial charge in [0.25, 0.3) is 5.56 Å². The Hall–Kier alpha value is -4.44. The number of para-hydroxylation sites is 2. The Kier molecular flexibility index (Phi) is 6.62. The molecule has 9 nitrogen and oxygen atoms in total. The lowest BCUT2D eigenvalue weighted by atomic mass is 10.1. The number of benzene rings is 3. The third kappa shape index (κ3) is 5.03. The van der Waals surface area contributed by atoms with E-state index in [4.69, 9.17) is 9.72 Å². The second-order valence-electron chi connectivity index (χ2n) is 9.86. The maximum Gasteiger partial charge on any atom is 0.294 e. The fraction of sp³-hybridized carbons (Fsp3) is 0.276. The Morgan fingerprint density at radius 2 is 1.77 bits per heavy atom. The highest BCUT2D eigenvalue weighted by Crippen LogP contribution is 2.24. The molecule has 0 atom stereocenters. The van der Waals surface area contributed by atoms with Gasteiger partial charge in [-0.1, -0.05) is 24.3 Å². The van der Waals surface area contributed by atoms with Crippen molar-refractivity contribution >= 4 is 27.9 Å². The zero-order valence-corrected chi connectivity index (χ0v) is 21.5. The van der Waals surface area contributed by atoms with Crippen LogP contribution in [0.1, 0.15) is 24.2 Å². The fourth-order valence-electron chi connectivity index (χ4n) is 5.17. The number of imidazole rings is 1. The summed E-state index contributed by atoms with van der Waals surface area (Å²) in [4.78, 5) is 24.3. The van der Waals surface area contributed by atoms with Crippen molar-refractivity contribution in [3.63, 3.8) is 0 Å². The van der Waals surface area contributed by atoms with Gasteiger partial charge >= 0.3 is 0 Å². The summed E-state index contributed by atoms with van der Waals surface area (Å²) in [6, 6.07) is 19.8. The van der Waals surface area contributed by atoms with Crippen molar-refractivity contribution in [2.45, 2.75) is 32.0 Å². The number of ether oxygens (including phenoxy) is 1. The first-order valence-electron chi connectivity index (χ1n) is 13.0. The summed E-state index contributed by atoms with van der Waals surface area (Å²) in [5, 5.41) is 14.4. The number of fused-ring (bicyclic) bond motifs is 2. The van der Waals surface area contributed by atoms with Crippen LogP contribution in [0.5, 0.6) is 5.75 Å². The van der Waals surface area contributed by atoms with Gasteiger partial charge in [0, 0.05) is 19.1 Å². The molecule has 2 aromatic heterocycles. The topological polar surface area (TPSA) is 97.4 Å². The number of hydrogen-bond acceptors (Lipinski definition) is 7. The molecule has 3 heterocycles. The molecule has 39 heavy (non-hydrogen) atoms. The molecule has 200 valence electrons. The first kappa shape index (κ1) is 24.9. The molecule has 0 spiro atoms. The van der Waals surface area contributed by atoms with Gasteiger partial charge in [-0.25, -0.2) is 14.4 Å². The highest BCUT2D eigenvalue weighted by molar-refractivity contribution is 5.79. The molecule has 10 heteroatoms. The maximum absolute atomic E-state index is 13.4. The molecular weight excluding hydrogens is 499 g/mol. The molecule has 2 N–H and O–H groups in total. The number of hydrogen-bond donors (Lipinski definition) is 2. The first-order chi connectivity index (χ1) is 19.0. The van der Waals surface area contributed by atoms with Crippen molar-refractivity contribution in [3.8, 4) is 5.75 Å². The van der Waals surface area contributed by atoms with Crippen molar-refractivity contribution in [1.29, 1.82) is 0 Å². The summed E-state index contributed by atoms with van der Waals surface area (Å²) in [5.74, 6) is 1.38. The molecule has 1 aliphatic heterocycles.